The molecule has 0 saturated carbocycles. The Bertz CT molecular complexity index is 1280. The van der Waals surface area contributed by atoms with Crippen LogP contribution in [0.15, 0.2) is 66.7 Å². The van der Waals surface area contributed by atoms with Crippen LogP contribution in [0.1, 0.15) is 43.7 Å². The van der Waals surface area contributed by atoms with Crippen molar-refractivity contribution >= 4 is 22.4 Å². The minimum Gasteiger partial charge on any atom is -0.494 e. The molecule has 0 aromatic heterocycles. The van der Waals surface area contributed by atoms with Crippen molar-refractivity contribution in [2.45, 2.75) is 45.4 Å². The van der Waals surface area contributed by atoms with Crippen LogP contribution < -0.4 is 4.74 Å². The molecule has 182 valence electrons. The smallest absolute Gasteiger partial charge is 0.145 e. The van der Waals surface area contributed by atoms with Crippen molar-refractivity contribution in [3.05, 3.63) is 100 Å². The van der Waals surface area contributed by atoms with Gasteiger partial charge >= 0.3 is 0 Å². The average Bonchev–Trinajstić information content (AvgIpc) is 2.87. The zero-order valence-corrected chi connectivity index (χ0v) is 20.5. The molecule has 0 saturated heterocycles. The second kappa shape index (κ2) is 11.6. The monoisotopic (exact) mass is 496 g/mol. The van der Waals surface area contributed by atoms with Crippen molar-refractivity contribution in [2.24, 2.45) is 0 Å². The summed E-state index contributed by atoms with van der Waals surface area (Å²) in [6, 6.07) is 19.6. The minimum atomic E-state index is -0.806. The predicted molar refractivity (Wildman–Crippen MR) is 138 cm³/mol. The second-order valence-electron chi connectivity index (χ2n) is 8.78. The van der Waals surface area contributed by atoms with Crippen molar-refractivity contribution in [1.29, 1.82) is 0 Å². The van der Waals surface area contributed by atoms with Gasteiger partial charge in [-0.3, -0.25) is 0 Å². The molecule has 4 aromatic rings. The fourth-order valence-electron chi connectivity index (χ4n) is 4.20. The molecule has 0 unspecified atom stereocenters. The number of hydrogen-bond donors (Lipinski definition) is 0. The van der Waals surface area contributed by atoms with Crippen molar-refractivity contribution < 1.29 is 17.9 Å². The van der Waals surface area contributed by atoms with Crippen molar-refractivity contribution in [3.8, 4) is 16.9 Å². The molecular weight excluding hydrogens is 469 g/mol. The number of benzene rings is 4. The van der Waals surface area contributed by atoms with E-state index in [2.05, 4.69) is 6.92 Å². The van der Waals surface area contributed by atoms with E-state index >= 15 is 4.39 Å². The highest BCUT2D eigenvalue weighted by atomic mass is 35.5. The van der Waals surface area contributed by atoms with Crippen LogP contribution in [-0.4, -0.2) is 6.61 Å². The van der Waals surface area contributed by atoms with Gasteiger partial charge in [-0.05, 0) is 77.2 Å². The Kier molecular flexibility index (Phi) is 8.35. The molecule has 0 radical (unpaired) electrons. The van der Waals surface area contributed by atoms with Crippen molar-refractivity contribution in [2.75, 3.05) is 6.61 Å². The highest BCUT2D eigenvalue weighted by Crippen LogP contribution is 2.29. The Balaban J connectivity index is 1.45. The van der Waals surface area contributed by atoms with E-state index in [0.29, 0.717) is 29.4 Å². The molecule has 1 nitrogen and oxygen atoms in total. The van der Waals surface area contributed by atoms with Crippen LogP contribution >= 0.6 is 11.6 Å². The maximum atomic E-state index is 15.2. The Labute approximate surface area is 209 Å². The van der Waals surface area contributed by atoms with Crippen LogP contribution in [0.4, 0.5) is 13.2 Å². The summed E-state index contributed by atoms with van der Waals surface area (Å²) in [7, 11) is 0. The molecular formula is C30H28ClF3O. The highest BCUT2D eigenvalue weighted by Gasteiger charge is 2.12. The van der Waals surface area contributed by atoms with Gasteiger partial charge in [0.05, 0.1) is 6.61 Å². The van der Waals surface area contributed by atoms with E-state index in [0.717, 1.165) is 35.3 Å². The summed E-state index contributed by atoms with van der Waals surface area (Å²) < 4.78 is 48.4. The summed E-state index contributed by atoms with van der Waals surface area (Å²) in [6.45, 7) is 2.91. The van der Waals surface area contributed by atoms with Crippen LogP contribution in [-0.2, 0) is 12.8 Å². The lowest BCUT2D eigenvalue weighted by atomic mass is 9.97. The average molecular weight is 497 g/mol. The number of hydrogen-bond acceptors (Lipinski definition) is 1. The lowest BCUT2D eigenvalue weighted by molar-refractivity contribution is 0.305. The van der Waals surface area contributed by atoms with E-state index in [1.165, 1.54) is 31.4 Å². The van der Waals surface area contributed by atoms with Crippen molar-refractivity contribution in [1.82, 2.24) is 0 Å². The van der Waals surface area contributed by atoms with Crippen molar-refractivity contribution in [3.63, 3.8) is 0 Å². The third-order valence-corrected chi connectivity index (χ3v) is 6.58. The third-order valence-electron chi connectivity index (χ3n) is 6.21. The van der Waals surface area contributed by atoms with Gasteiger partial charge in [0.1, 0.15) is 28.2 Å². The van der Waals surface area contributed by atoms with E-state index in [1.54, 1.807) is 12.1 Å². The third kappa shape index (κ3) is 6.18. The van der Waals surface area contributed by atoms with Gasteiger partial charge in [0, 0.05) is 5.39 Å². The fraction of sp³-hybridized carbons (Fsp3) is 0.267. The van der Waals surface area contributed by atoms with Crippen LogP contribution in [0.5, 0.6) is 5.75 Å². The standard InChI is InChI=1S/C30H28ClF3O/c1-2-3-4-5-16-35-25-13-10-21(11-14-25)23-12-15-26-24(19-23)9-8-22(30(26)34)7-6-20-17-27(32)29(31)28(33)18-20/h8-15,17-19H,2-7,16H2,1H3. The quantitative estimate of drug-likeness (QED) is 0.157. The molecule has 35 heavy (non-hydrogen) atoms. The molecule has 0 amide bonds. The summed E-state index contributed by atoms with van der Waals surface area (Å²) >= 11 is 5.54. The van der Waals surface area contributed by atoms with Crippen LogP contribution in [0.3, 0.4) is 0 Å². The first-order chi connectivity index (χ1) is 17.0. The van der Waals surface area contributed by atoms with E-state index < -0.39 is 16.7 Å². The molecule has 0 fully saturated rings. The molecule has 0 aliphatic rings. The molecule has 0 heterocycles. The molecule has 4 aromatic carbocycles. The SMILES string of the molecule is CCCCCCOc1ccc(-c2ccc3c(F)c(CCc4cc(F)c(Cl)c(F)c4)ccc3c2)cc1. The molecule has 4 rings (SSSR count). The number of rotatable bonds is 10. The maximum absolute atomic E-state index is 15.2. The van der Waals surface area contributed by atoms with Gasteiger partial charge in [-0.15, -0.1) is 0 Å². The molecule has 0 bridgehead atoms. The van der Waals surface area contributed by atoms with E-state index in [-0.39, 0.29) is 5.82 Å². The number of fused-ring (bicyclic) bond motifs is 1. The lowest BCUT2D eigenvalue weighted by Crippen LogP contribution is -1.98. The van der Waals surface area contributed by atoms with Gasteiger partial charge in [-0.1, -0.05) is 74.2 Å². The summed E-state index contributed by atoms with van der Waals surface area (Å²) in [5.41, 5.74) is 2.96. The minimum absolute atomic E-state index is 0.304. The fourth-order valence-corrected chi connectivity index (χ4v) is 4.31. The normalized spacial score (nSPS) is 11.2. The summed E-state index contributed by atoms with van der Waals surface area (Å²) in [6.07, 6.45) is 5.30. The van der Waals surface area contributed by atoms with E-state index in [4.69, 9.17) is 16.3 Å². The lowest BCUT2D eigenvalue weighted by Gasteiger charge is -2.10. The molecule has 0 aliphatic carbocycles. The Hall–Kier alpha value is -2.98. The first-order valence-electron chi connectivity index (χ1n) is 12.0. The number of ether oxygens (including phenoxy) is 1. The van der Waals surface area contributed by atoms with Gasteiger partial charge in [0.25, 0.3) is 0 Å². The summed E-state index contributed by atoms with van der Waals surface area (Å²) in [4.78, 5) is 0. The van der Waals surface area contributed by atoms with E-state index in [9.17, 15) is 8.78 Å². The van der Waals surface area contributed by atoms with Crippen LogP contribution in [0.2, 0.25) is 5.02 Å². The topological polar surface area (TPSA) is 9.23 Å². The Morgan fingerprint density at radius 2 is 1.46 bits per heavy atom. The molecule has 0 atom stereocenters. The summed E-state index contributed by atoms with van der Waals surface area (Å²) in [5.74, 6) is -1.07. The van der Waals surface area contributed by atoms with Crippen LogP contribution in [0.25, 0.3) is 21.9 Å². The Morgan fingerprint density at radius 3 is 2.17 bits per heavy atom. The zero-order valence-electron chi connectivity index (χ0n) is 19.7. The molecule has 0 spiro atoms. The Morgan fingerprint density at radius 1 is 0.743 bits per heavy atom. The molecule has 0 aliphatic heterocycles. The predicted octanol–water partition coefficient (Wildman–Crippen LogP) is 9.32. The zero-order chi connectivity index (χ0) is 24.8. The first kappa shape index (κ1) is 25.1. The molecule has 5 heteroatoms. The van der Waals surface area contributed by atoms with Gasteiger partial charge in [-0.2, -0.15) is 0 Å². The molecule has 0 N–H and O–H groups in total. The number of halogens is 4. The first-order valence-corrected chi connectivity index (χ1v) is 12.4. The summed E-state index contributed by atoms with van der Waals surface area (Å²) in [5, 5.41) is 0.793. The van der Waals surface area contributed by atoms with Gasteiger partial charge in [-0.25, -0.2) is 13.2 Å². The van der Waals surface area contributed by atoms with Gasteiger partial charge in [0.15, 0.2) is 0 Å². The number of aryl methyl sites for hydroxylation is 2. The maximum Gasteiger partial charge on any atom is 0.145 e. The second-order valence-corrected chi connectivity index (χ2v) is 9.16. The highest BCUT2D eigenvalue weighted by molar-refractivity contribution is 6.30. The largest absolute Gasteiger partial charge is 0.494 e. The van der Waals surface area contributed by atoms with E-state index in [1.807, 2.05) is 42.5 Å². The number of unbranched alkanes of at least 4 members (excludes halogenated alkanes) is 3. The van der Waals surface area contributed by atoms with Gasteiger partial charge < -0.3 is 4.74 Å². The van der Waals surface area contributed by atoms with Gasteiger partial charge in [0.2, 0.25) is 0 Å². The van der Waals surface area contributed by atoms with Crippen LogP contribution in [0, 0.1) is 17.5 Å².